The number of rotatable bonds is 7. The molecule has 0 spiro atoms. The van der Waals surface area contributed by atoms with Crippen molar-refractivity contribution in [3.8, 4) is 5.75 Å². The zero-order chi connectivity index (χ0) is 18.6. The minimum Gasteiger partial charge on any atom is -0.497 e. The number of tetrazole rings is 1. The highest BCUT2D eigenvalue weighted by Crippen LogP contribution is 2.40. The third-order valence-electron chi connectivity index (χ3n) is 4.26. The molecule has 1 aliphatic carbocycles. The number of carbonyl (C=O) groups excluding carboxylic acids is 1. The number of carbonyl (C=O) groups is 1. The molecule has 1 aromatic heterocycles. The van der Waals surface area contributed by atoms with E-state index in [1.54, 1.807) is 13.2 Å². The van der Waals surface area contributed by atoms with Gasteiger partial charge >= 0.3 is 0 Å². The number of benzene rings is 2. The molecular formula is C19H19N5O2S. The second-order valence-electron chi connectivity index (χ2n) is 6.27. The van der Waals surface area contributed by atoms with Gasteiger partial charge in [0.25, 0.3) is 0 Å². The lowest BCUT2D eigenvalue weighted by Gasteiger charge is -2.17. The predicted octanol–water partition coefficient (Wildman–Crippen LogP) is 3.49. The minimum absolute atomic E-state index is 0.134. The molecule has 1 aliphatic rings. The van der Waals surface area contributed by atoms with Gasteiger partial charge in [-0.1, -0.05) is 48.2 Å². The average molecular weight is 381 g/mol. The van der Waals surface area contributed by atoms with Gasteiger partial charge in [-0.2, -0.15) is 0 Å². The summed E-state index contributed by atoms with van der Waals surface area (Å²) < 4.78 is 7.05. The molecule has 0 bridgehead atoms. The van der Waals surface area contributed by atoms with E-state index in [0.717, 1.165) is 18.4 Å². The molecule has 27 heavy (non-hydrogen) atoms. The van der Waals surface area contributed by atoms with Crippen molar-refractivity contribution in [3.05, 3.63) is 60.2 Å². The Balaban J connectivity index is 1.59. The monoisotopic (exact) mass is 381 g/mol. The van der Waals surface area contributed by atoms with E-state index in [9.17, 15) is 4.79 Å². The van der Waals surface area contributed by atoms with E-state index in [2.05, 4.69) is 20.8 Å². The van der Waals surface area contributed by atoms with Crippen LogP contribution in [0, 0.1) is 0 Å². The molecule has 3 aromatic rings. The number of nitrogens with one attached hydrogen (secondary N) is 1. The lowest BCUT2D eigenvalue weighted by Crippen LogP contribution is -2.19. The molecule has 1 N–H and O–H groups in total. The first-order valence-corrected chi connectivity index (χ1v) is 9.57. The van der Waals surface area contributed by atoms with Crippen LogP contribution < -0.4 is 10.1 Å². The molecule has 0 radical (unpaired) electrons. The number of hydrogen-bond donors (Lipinski definition) is 1. The van der Waals surface area contributed by atoms with Gasteiger partial charge in [-0.25, -0.2) is 4.68 Å². The van der Waals surface area contributed by atoms with Gasteiger partial charge in [0.05, 0.1) is 13.2 Å². The van der Waals surface area contributed by atoms with Crippen LogP contribution in [-0.2, 0) is 4.79 Å². The van der Waals surface area contributed by atoms with Crippen molar-refractivity contribution in [2.45, 2.75) is 29.3 Å². The summed E-state index contributed by atoms with van der Waals surface area (Å²) in [5.74, 6) is 0.555. The zero-order valence-corrected chi connectivity index (χ0v) is 15.6. The average Bonchev–Trinajstić information content (AvgIpc) is 3.45. The van der Waals surface area contributed by atoms with Crippen LogP contribution >= 0.6 is 11.8 Å². The van der Waals surface area contributed by atoms with Crippen LogP contribution in [0.5, 0.6) is 5.75 Å². The van der Waals surface area contributed by atoms with E-state index in [1.165, 1.54) is 11.8 Å². The second kappa shape index (κ2) is 7.79. The molecule has 8 heteroatoms. The fourth-order valence-corrected chi connectivity index (χ4v) is 3.77. The minimum atomic E-state index is -0.471. The van der Waals surface area contributed by atoms with E-state index in [1.807, 2.05) is 53.2 Å². The molecular weight excluding hydrogens is 362 g/mol. The Bertz CT molecular complexity index is 927. The number of anilines is 1. The summed E-state index contributed by atoms with van der Waals surface area (Å²) in [5, 5.41) is 15.2. The van der Waals surface area contributed by atoms with Crippen LogP contribution in [0.1, 0.15) is 29.7 Å². The van der Waals surface area contributed by atoms with Gasteiger partial charge in [-0.05, 0) is 41.0 Å². The molecule has 2 aromatic carbocycles. The van der Waals surface area contributed by atoms with Crippen LogP contribution in [0.4, 0.5) is 5.69 Å². The van der Waals surface area contributed by atoms with Crippen molar-refractivity contribution < 1.29 is 9.53 Å². The third-order valence-corrected chi connectivity index (χ3v) is 5.46. The topological polar surface area (TPSA) is 81.9 Å². The number of hydrogen-bond acceptors (Lipinski definition) is 6. The number of thioether (sulfide) groups is 1. The van der Waals surface area contributed by atoms with E-state index in [-0.39, 0.29) is 5.91 Å². The highest BCUT2D eigenvalue weighted by atomic mass is 32.2. The van der Waals surface area contributed by atoms with Crippen molar-refractivity contribution in [2.24, 2.45) is 0 Å². The van der Waals surface area contributed by atoms with Crippen molar-refractivity contribution in [2.75, 3.05) is 12.4 Å². The van der Waals surface area contributed by atoms with Crippen LogP contribution in [0.2, 0.25) is 0 Å². The fraction of sp³-hybridized carbons (Fsp3) is 0.263. The standard InChI is InChI=1S/C19H19N5O2S/c1-26-16-9-5-8-14(12-16)20-18(25)17(13-6-3-2-4-7-13)27-19-21-22-23-24(19)15-10-11-15/h2-9,12,15,17H,10-11H2,1H3,(H,20,25). The van der Waals surface area contributed by atoms with E-state index < -0.39 is 5.25 Å². The van der Waals surface area contributed by atoms with Crippen LogP contribution in [0.25, 0.3) is 0 Å². The van der Waals surface area contributed by atoms with Gasteiger partial charge < -0.3 is 10.1 Å². The molecule has 0 saturated heterocycles. The summed E-state index contributed by atoms with van der Waals surface area (Å²) in [6.45, 7) is 0. The summed E-state index contributed by atoms with van der Waals surface area (Å²) >= 11 is 1.36. The van der Waals surface area contributed by atoms with Gasteiger partial charge in [0.2, 0.25) is 11.1 Å². The molecule has 1 amide bonds. The van der Waals surface area contributed by atoms with Crippen molar-refractivity contribution in [1.29, 1.82) is 0 Å². The van der Waals surface area contributed by atoms with E-state index >= 15 is 0 Å². The van der Waals surface area contributed by atoms with Crippen LogP contribution in [0.15, 0.2) is 59.8 Å². The first kappa shape index (κ1) is 17.5. The Morgan fingerprint density at radius 3 is 2.78 bits per heavy atom. The zero-order valence-electron chi connectivity index (χ0n) is 14.8. The third kappa shape index (κ3) is 4.11. The number of aromatic nitrogens is 4. The summed E-state index contributed by atoms with van der Waals surface area (Å²) in [7, 11) is 1.60. The molecule has 7 nitrogen and oxygen atoms in total. The van der Waals surface area contributed by atoms with Crippen molar-refractivity contribution in [3.63, 3.8) is 0 Å². The highest BCUT2D eigenvalue weighted by molar-refractivity contribution is 8.00. The van der Waals surface area contributed by atoms with E-state index in [0.29, 0.717) is 22.6 Å². The Hall–Kier alpha value is -2.87. The quantitative estimate of drug-likeness (QED) is 0.631. The summed E-state index contributed by atoms with van der Waals surface area (Å²) in [4.78, 5) is 13.1. The van der Waals surface area contributed by atoms with Crippen LogP contribution in [0.3, 0.4) is 0 Å². The van der Waals surface area contributed by atoms with Gasteiger partial charge in [-0.15, -0.1) is 5.10 Å². The Kier molecular flexibility index (Phi) is 5.06. The predicted molar refractivity (Wildman–Crippen MR) is 103 cm³/mol. The number of methoxy groups -OCH3 is 1. The maximum absolute atomic E-state index is 13.1. The molecule has 1 atom stereocenters. The highest BCUT2D eigenvalue weighted by Gasteiger charge is 2.31. The molecule has 1 saturated carbocycles. The van der Waals surface area contributed by atoms with Gasteiger partial charge in [0.15, 0.2) is 0 Å². The Morgan fingerprint density at radius 2 is 2.04 bits per heavy atom. The molecule has 1 heterocycles. The Labute approximate surface area is 161 Å². The second-order valence-corrected chi connectivity index (χ2v) is 7.34. The van der Waals surface area contributed by atoms with Crippen molar-refractivity contribution >= 4 is 23.4 Å². The lowest BCUT2D eigenvalue weighted by molar-refractivity contribution is -0.115. The largest absolute Gasteiger partial charge is 0.497 e. The molecule has 1 fully saturated rings. The van der Waals surface area contributed by atoms with Gasteiger partial charge in [0, 0.05) is 11.8 Å². The number of ether oxygens (including phenoxy) is 1. The van der Waals surface area contributed by atoms with Gasteiger partial charge in [-0.3, -0.25) is 4.79 Å². The summed E-state index contributed by atoms with van der Waals surface area (Å²) in [6.07, 6.45) is 2.15. The smallest absolute Gasteiger partial charge is 0.242 e. The normalized spacial score (nSPS) is 14.6. The van der Waals surface area contributed by atoms with E-state index in [4.69, 9.17) is 4.74 Å². The van der Waals surface area contributed by atoms with Gasteiger partial charge in [0.1, 0.15) is 11.0 Å². The van der Waals surface area contributed by atoms with Crippen LogP contribution in [-0.4, -0.2) is 33.2 Å². The first-order valence-electron chi connectivity index (χ1n) is 8.69. The molecule has 1 unspecified atom stereocenters. The first-order chi connectivity index (χ1) is 13.2. The summed E-state index contributed by atoms with van der Waals surface area (Å²) in [5.41, 5.74) is 1.58. The molecule has 138 valence electrons. The fourth-order valence-electron chi connectivity index (χ4n) is 2.73. The Morgan fingerprint density at radius 1 is 1.22 bits per heavy atom. The number of nitrogens with zero attached hydrogens (tertiary/aromatic N) is 4. The lowest BCUT2D eigenvalue weighted by atomic mass is 10.1. The summed E-state index contributed by atoms with van der Waals surface area (Å²) in [6, 6.07) is 17.3. The maximum Gasteiger partial charge on any atom is 0.242 e. The number of amides is 1. The SMILES string of the molecule is COc1cccc(NC(=O)C(Sc2nnnn2C2CC2)c2ccccc2)c1. The molecule has 0 aliphatic heterocycles. The molecule has 4 rings (SSSR count). The van der Waals surface area contributed by atoms with Crippen molar-refractivity contribution in [1.82, 2.24) is 20.2 Å². The maximum atomic E-state index is 13.1.